The van der Waals surface area contributed by atoms with Crippen LogP contribution >= 0.6 is 23.4 Å². The first kappa shape index (κ1) is 20.5. The van der Waals surface area contributed by atoms with Crippen molar-refractivity contribution < 1.29 is 4.79 Å². The Hall–Kier alpha value is -1.78. The van der Waals surface area contributed by atoms with Crippen LogP contribution in [0.3, 0.4) is 0 Å². The molecule has 0 heterocycles. The minimum absolute atomic E-state index is 0.0860. The zero-order valence-corrected chi connectivity index (χ0v) is 17.2. The minimum atomic E-state index is -0.0860. The summed E-state index contributed by atoms with van der Waals surface area (Å²) in [6.45, 7) is 8.45. The number of carbonyl (C=O) groups excluding carboxylic acids is 1. The average Bonchev–Trinajstić information content (AvgIpc) is 2.61. The Labute approximate surface area is 165 Å². The molecule has 0 saturated heterocycles. The van der Waals surface area contributed by atoms with Crippen LogP contribution in [0.15, 0.2) is 58.5 Å². The fourth-order valence-corrected chi connectivity index (χ4v) is 3.25. The van der Waals surface area contributed by atoms with E-state index in [0.29, 0.717) is 17.2 Å². The van der Waals surface area contributed by atoms with Gasteiger partial charge < -0.3 is 0 Å². The van der Waals surface area contributed by atoms with E-state index >= 15 is 0 Å². The molecule has 1 N–H and O–H groups in total. The second kappa shape index (κ2) is 9.24. The third-order valence-electron chi connectivity index (χ3n) is 3.93. The number of hydrogen-bond donors (Lipinski definition) is 1. The number of hydrazone groups is 1. The zero-order chi connectivity index (χ0) is 19.2. The van der Waals surface area contributed by atoms with E-state index in [1.54, 1.807) is 11.8 Å². The Morgan fingerprint density at radius 1 is 1.08 bits per heavy atom. The first-order valence-corrected chi connectivity index (χ1v) is 9.94. The molecule has 2 aromatic rings. The number of benzene rings is 2. The number of nitrogens with one attached hydrogen (secondary N) is 1. The standard InChI is InChI=1S/C21H25ClN2OS/c1-15(16-5-7-17(8-6-16)21(2,3)4)23-24-20(25)13-14-26-19-11-9-18(22)10-12-19/h5-12H,13-14H2,1-4H3,(H,24,25)/b23-15+. The van der Waals surface area contributed by atoms with Crippen LogP contribution in [0, 0.1) is 0 Å². The summed E-state index contributed by atoms with van der Waals surface area (Å²) in [5, 5.41) is 4.93. The number of hydrogen-bond acceptors (Lipinski definition) is 3. The van der Waals surface area contributed by atoms with Gasteiger partial charge in [0.25, 0.3) is 0 Å². The van der Waals surface area contributed by atoms with E-state index in [1.165, 1.54) is 5.56 Å². The summed E-state index contributed by atoms with van der Waals surface area (Å²) in [7, 11) is 0. The van der Waals surface area contributed by atoms with Crippen molar-refractivity contribution in [2.75, 3.05) is 5.75 Å². The zero-order valence-electron chi connectivity index (χ0n) is 15.7. The van der Waals surface area contributed by atoms with E-state index in [1.807, 2.05) is 43.3 Å². The maximum absolute atomic E-state index is 12.0. The number of halogens is 1. The van der Waals surface area contributed by atoms with E-state index < -0.39 is 0 Å². The smallest absolute Gasteiger partial charge is 0.240 e. The first-order chi connectivity index (χ1) is 12.3. The van der Waals surface area contributed by atoms with Gasteiger partial charge in [-0.1, -0.05) is 56.6 Å². The van der Waals surface area contributed by atoms with E-state index in [4.69, 9.17) is 11.6 Å². The van der Waals surface area contributed by atoms with Gasteiger partial charge in [0.15, 0.2) is 0 Å². The number of nitrogens with zero attached hydrogens (tertiary/aromatic N) is 1. The molecular weight excluding hydrogens is 364 g/mol. The highest BCUT2D eigenvalue weighted by atomic mass is 35.5. The fraction of sp³-hybridized carbons (Fsp3) is 0.333. The van der Waals surface area contributed by atoms with Crippen molar-refractivity contribution >= 4 is 35.0 Å². The average molecular weight is 389 g/mol. The molecule has 0 aliphatic heterocycles. The predicted octanol–water partition coefficient (Wildman–Crippen LogP) is 5.66. The number of rotatable bonds is 6. The van der Waals surface area contributed by atoms with E-state index in [2.05, 4.69) is 43.4 Å². The second-order valence-corrected chi connectivity index (χ2v) is 8.72. The molecule has 5 heteroatoms. The molecule has 0 fully saturated rings. The molecule has 0 radical (unpaired) electrons. The molecule has 0 aliphatic carbocycles. The van der Waals surface area contributed by atoms with Gasteiger partial charge in [-0.25, -0.2) is 5.43 Å². The topological polar surface area (TPSA) is 41.5 Å². The SMILES string of the molecule is C/C(=N\NC(=O)CCSc1ccc(Cl)cc1)c1ccc(C(C)(C)C)cc1. The Morgan fingerprint density at radius 2 is 1.69 bits per heavy atom. The van der Waals surface area contributed by atoms with Crippen molar-refractivity contribution in [1.29, 1.82) is 0 Å². The van der Waals surface area contributed by atoms with Crippen molar-refractivity contribution in [3.05, 3.63) is 64.7 Å². The Kier molecular flexibility index (Phi) is 7.30. The quantitative estimate of drug-likeness (QED) is 0.394. The highest BCUT2D eigenvalue weighted by Crippen LogP contribution is 2.22. The lowest BCUT2D eigenvalue weighted by atomic mass is 9.86. The number of thioether (sulfide) groups is 1. The van der Waals surface area contributed by atoms with E-state index in [-0.39, 0.29) is 11.3 Å². The third-order valence-corrected chi connectivity index (χ3v) is 5.19. The maximum atomic E-state index is 12.0. The summed E-state index contributed by atoms with van der Waals surface area (Å²) < 4.78 is 0. The molecule has 0 spiro atoms. The van der Waals surface area contributed by atoms with Gasteiger partial charge in [-0.15, -0.1) is 11.8 Å². The van der Waals surface area contributed by atoms with Crippen LogP contribution in [0.2, 0.25) is 5.02 Å². The fourth-order valence-electron chi connectivity index (χ4n) is 2.27. The highest BCUT2D eigenvalue weighted by molar-refractivity contribution is 7.99. The van der Waals surface area contributed by atoms with Crippen molar-refractivity contribution in [2.24, 2.45) is 5.10 Å². The lowest BCUT2D eigenvalue weighted by molar-refractivity contribution is -0.120. The lowest BCUT2D eigenvalue weighted by Crippen LogP contribution is -2.19. The van der Waals surface area contributed by atoms with Gasteiger partial charge in [0.2, 0.25) is 5.91 Å². The van der Waals surface area contributed by atoms with Crippen LogP contribution in [0.5, 0.6) is 0 Å². The Bertz CT molecular complexity index is 762. The number of carbonyl (C=O) groups is 1. The Morgan fingerprint density at radius 3 is 2.27 bits per heavy atom. The third kappa shape index (κ3) is 6.50. The van der Waals surface area contributed by atoms with Crippen LogP contribution < -0.4 is 5.43 Å². The normalized spacial score (nSPS) is 12.1. The van der Waals surface area contributed by atoms with Crippen LogP contribution in [0.4, 0.5) is 0 Å². The molecule has 0 aromatic heterocycles. The van der Waals surface area contributed by atoms with Gasteiger partial charge in [0.1, 0.15) is 0 Å². The van der Waals surface area contributed by atoms with Crippen molar-refractivity contribution in [3.63, 3.8) is 0 Å². The molecule has 0 aliphatic rings. The van der Waals surface area contributed by atoms with Crippen LogP contribution in [0.1, 0.15) is 45.2 Å². The van der Waals surface area contributed by atoms with Crippen molar-refractivity contribution in [1.82, 2.24) is 5.43 Å². The summed E-state index contributed by atoms with van der Waals surface area (Å²) >= 11 is 7.48. The summed E-state index contributed by atoms with van der Waals surface area (Å²) in [5.41, 5.74) is 5.84. The van der Waals surface area contributed by atoms with Crippen molar-refractivity contribution in [3.8, 4) is 0 Å². The summed E-state index contributed by atoms with van der Waals surface area (Å²) in [6.07, 6.45) is 0.410. The summed E-state index contributed by atoms with van der Waals surface area (Å²) in [5.74, 6) is 0.611. The largest absolute Gasteiger partial charge is 0.273 e. The molecule has 0 saturated carbocycles. The summed E-state index contributed by atoms with van der Waals surface area (Å²) in [4.78, 5) is 13.1. The van der Waals surface area contributed by atoms with Gasteiger partial charge in [0, 0.05) is 22.1 Å². The minimum Gasteiger partial charge on any atom is -0.273 e. The van der Waals surface area contributed by atoms with E-state index in [0.717, 1.165) is 16.2 Å². The first-order valence-electron chi connectivity index (χ1n) is 8.58. The number of amides is 1. The van der Waals surface area contributed by atoms with Gasteiger partial charge in [0.05, 0.1) is 5.71 Å². The van der Waals surface area contributed by atoms with Crippen LogP contribution in [0.25, 0.3) is 0 Å². The molecular formula is C21H25ClN2OS. The molecule has 0 bridgehead atoms. The predicted molar refractivity (Wildman–Crippen MR) is 112 cm³/mol. The van der Waals surface area contributed by atoms with Gasteiger partial charge in [-0.2, -0.15) is 5.10 Å². The molecule has 2 rings (SSSR count). The molecule has 3 nitrogen and oxygen atoms in total. The van der Waals surface area contributed by atoms with Gasteiger partial charge >= 0.3 is 0 Å². The molecule has 0 atom stereocenters. The summed E-state index contributed by atoms with van der Waals surface area (Å²) in [6, 6.07) is 15.9. The van der Waals surface area contributed by atoms with Gasteiger partial charge in [-0.05, 0) is 47.7 Å². The van der Waals surface area contributed by atoms with E-state index in [9.17, 15) is 4.79 Å². The maximum Gasteiger partial charge on any atom is 0.240 e. The molecule has 2 aromatic carbocycles. The monoisotopic (exact) mass is 388 g/mol. The van der Waals surface area contributed by atoms with Crippen LogP contribution in [-0.4, -0.2) is 17.4 Å². The lowest BCUT2D eigenvalue weighted by Gasteiger charge is -2.19. The van der Waals surface area contributed by atoms with Crippen LogP contribution in [-0.2, 0) is 10.2 Å². The second-order valence-electron chi connectivity index (χ2n) is 7.11. The Balaban J connectivity index is 1.82. The molecule has 1 amide bonds. The highest BCUT2D eigenvalue weighted by Gasteiger charge is 2.13. The molecule has 138 valence electrons. The van der Waals surface area contributed by atoms with Crippen molar-refractivity contribution in [2.45, 2.75) is 44.4 Å². The van der Waals surface area contributed by atoms with Gasteiger partial charge in [-0.3, -0.25) is 4.79 Å². The molecule has 26 heavy (non-hydrogen) atoms. The molecule has 0 unspecified atom stereocenters.